The molecular formula is C10H17N3. The minimum absolute atomic E-state index is 0.519. The van der Waals surface area contributed by atoms with Gasteiger partial charge in [-0.25, -0.2) is 0 Å². The number of likely N-dealkylation sites (N-methyl/N-ethyl adjacent to an activating group) is 1. The van der Waals surface area contributed by atoms with Gasteiger partial charge in [0.25, 0.3) is 0 Å². The molecule has 2 aliphatic rings. The predicted molar refractivity (Wildman–Crippen MR) is 54.8 cm³/mol. The van der Waals surface area contributed by atoms with E-state index in [1.807, 2.05) is 0 Å². The van der Waals surface area contributed by atoms with E-state index in [1.165, 1.54) is 12.8 Å². The van der Waals surface area contributed by atoms with Gasteiger partial charge in [-0.2, -0.15) is 0 Å². The second kappa shape index (κ2) is 3.81. The summed E-state index contributed by atoms with van der Waals surface area (Å²) in [6, 6.07) is 0.519. The summed E-state index contributed by atoms with van der Waals surface area (Å²) in [6.07, 6.45) is 6.91. The van der Waals surface area contributed by atoms with Crippen molar-refractivity contribution < 1.29 is 0 Å². The topological polar surface area (TPSA) is 27.6 Å². The Bertz CT molecular complexity index is 232. The number of aliphatic imine (C=N–C) groups is 1. The first-order valence-corrected chi connectivity index (χ1v) is 5.12. The first-order valence-electron chi connectivity index (χ1n) is 5.12. The van der Waals surface area contributed by atoms with E-state index >= 15 is 0 Å². The molecule has 0 amide bonds. The average molecular weight is 179 g/mol. The van der Waals surface area contributed by atoms with Crippen molar-refractivity contribution in [2.24, 2.45) is 4.99 Å². The molecule has 72 valence electrons. The second-order valence-electron chi connectivity index (χ2n) is 3.54. The molecule has 0 fully saturated rings. The molecule has 0 bridgehead atoms. The molecule has 13 heavy (non-hydrogen) atoms. The summed E-state index contributed by atoms with van der Waals surface area (Å²) in [5.74, 6) is 1.10. The lowest BCUT2D eigenvalue weighted by atomic mass is 10.3. The third-order valence-electron chi connectivity index (χ3n) is 2.64. The normalized spacial score (nSPS) is 26.7. The van der Waals surface area contributed by atoms with Gasteiger partial charge >= 0.3 is 0 Å². The lowest BCUT2D eigenvalue weighted by Crippen LogP contribution is -2.42. The number of hydrogen-bond acceptors (Lipinski definition) is 3. The van der Waals surface area contributed by atoms with E-state index in [9.17, 15) is 0 Å². The van der Waals surface area contributed by atoms with Gasteiger partial charge in [-0.15, -0.1) is 0 Å². The van der Waals surface area contributed by atoms with Crippen LogP contribution in [0.3, 0.4) is 0 Å². The second-order valence-corrected chi connectivity index (χ2v) is 3.54. The maximum atomic E-state index is 4.45. The summed E-state index contributed by atoms with van der Waals surface area (Å²) in [5, 5.41) is 3.47. The lowest BCUT2D eigenvalue weighted by Gasteiger charge is -2.21. The Kier molecular flexibility index (Phi) is 2.52. The summed E-state index contributed by atoms with van der Waals surface area (Å²) in [6.45, 7) is 5.26. The number of nitrogens with one attached hydrogen (secondary N) is 1. The maximum absolute atomic E-state index is 4.45. The Hall–Kier alpha value is -0.990. The fourth-order valence-electron chi connectivity index (χ4n) is 1.85. The van der Waals surface area contributed by atoms with Crippen molar-refractivity contribution in [2.45, 2.75) is 25.8 Å². The van der Waals surface area contributed by atoms with Crippen LogP contribution in [0.1, 0.15) is 19.8 Å². The Balaban J connectivity index is 1.89. The molecule has 1 atom stereocenters. The van der Waals surface area contributed by atoms with Gasteiger partial charge in [0.1, 0.15) is 0 Å². The zero-order chi connectivity index (χ0) is 9.10. The molecule has 0 radical (unpaired) electrons. The molecule has 2 rings (SSSR count). The van der Waals surface area contributed by atoms with Crippen molar-refractivity contribution in [3.63, 3.8) is 0 Å². The van der Waals surface area contributed by atoms with E-state index in [2.05, 4.69) is 34.3 Å². The van der Waals surface area contributed by atoms with Crippen LogP contribution in [0.4, 0.5) is 0 Å². The van der Waals surface area contributed by atoms with Gasteiger partial charge in [0.15, 0.2) is 5.96 Å². The summed E-state index contributed by atoms with van der Waals surface area (Å²) >= 11 is 0. The SMILES string of the molecule is CCN1CCN=C1NC1C=CCC1. The Labute approximate surface area is 79.5 Å². The van der Waals surface area contributed by atoms with Crippen molar-refractivity contribution in [3.8, 4) is 0 Å². The van der Waals surface area contributed by atoms with Crippen LogP contribution >= 0.6 is 0 Å². The Morgan fingerprint density at radius 2 is 2.62 bits per heavy atom. The summed E-state index contributed by atoms with van der Waals surface area (Å²) in [4.78, 5) is 6.75. The quantitative estimate of drug-likeness (QED) is 0.640. The Morgan fingerprint density at radius 3 is 3.31 bits per heavy atom. The number of nitrogens with zero attached hydrogens (tertiary/aromatic N) is 2. The van der Waals surface area contributed by atoms with Gasteiger partial charge in [-0.05, 0) is 19.8 Å². The van der Waals surface area contributed by atoms with E-state index < -0.39 is 0 Å². The maximum Gasteiger partial charge on any atom is 0.194 e. The number of hydrogen-bond donors (Lipinski definition) is 1. The molecule has 0 spiro atoms. The van der Waals surface area contributed by atoms with Crippen LogP contribution in [-0.4, -0.2) is 36.5 Å². The van der Waals surface area contributed by atoms with Crippen molar-refractivity contribution in [1.29, 1.82) is 0 Å². The minimum Gasteiger partial charge on any atom is -0.350 e. The van der Waals surface area contributed by atoms with Crippen LogP contribution in [0.15, 0.2) is 17.1 Å². The van der Waals surface area contributed by atoms with Gasteiger partial charge in [0, 0.05) is 19.1 Å². The molecule has 0 saturated carbocycles. The summed E-state index contributed by atoms with van der Waals surface area (Å²) in [5.41, 5.74) is 0. The molecular weight excluding hydrogens is 162 g/mol. The molecule has 3 nitrogen and oxygen atoms in total. The van der Waals surface area contributed by atoms with Crippen LogP contribution < -0.4 is 5.32 Å². The van der Waals surface area contributed by atoms with E-state index in [4.69, 9.17) is 0 Å². The zero-order valence-electron chi connectivity index (χ0n) is 8.16. The summed E-state index contributed by atoms with van der Waals surface area (Å²) in [7, 11) is 0. The standard InChI is InChI=1S/C10H17N3/c1-2-13-8-7-11-10(13)12-9-5-3-4-6-9/h3,5,9H,2,4,6-8H2,1H3,(H,11,12). The van der Waals surface area contributed by atoms with Crippen molar-refractivity contribution in [3.05, 3.63) is 12.2 Å². The molecule has 1 aliphatic heterocycles. The summed E-state index contributed by atoms with van der Waals surface area (Å²) < 4.78 is 0. The van der Waals surface area contributed by atoms with E-state index in [1.54, 1.807) is 0 Å². The predicted octanol–water partition coefficient (Wildman–Crippen LogP) is 0.986. The molecule has 1 unspecified atom stereocenters. The highest BCUT2D eigenvalue weighted by atomic mass is 15.3. The first kappa shape index (κ1) is 8.60. The molecule has 0 aromatic carbocycles. The lowest BCUT2D eigenvalue weighted by molar-refractivity contribution is 0.460. The zero-order valence-corrected chi connectivity index (χ0v) is 8.16. The fourth-order valence-corrected chi connectivity index (χ4v) is 1.85. The number of rotatable bonds is 2. The average Bonchev–Trinajstić information content (AvgIpc) is 2.76. The molecule has 0 aromatic rings. The molecule has 1 aliphatic carbocycles. The van der Waals surface area contributed by atoms with E-state index in [0.29, 0.717) is 6.04 Å². The van der Waals surface area contributed by atoms with Crippen LogP contribution in [-0.2, 0) is 0 Å². The highest BCUT2D eigenvalue weighted by Crippen LogP contribution is 2.10. The third-order valence-corrected chi connectivity index (χ3v) is 2.64. The van der Waals surface area contributed by atoms with Crippen LogP contribution in [0.25, 0.3) is 0 Å². The van der Waals surface area contributed by atoms with Crippen molar-refractivity contribution in [1.82, 2.24) is 10.2 Å². The van der Waals surface area contributed by atoms with Crippen LogP contribution in [0, 0.1) is 0 Å². The fraction of sp³-hybridized carbons (Fsp3) is 0.700. The molecule has 3 heteroatoms. The number of allylic oxidation sites excluding steroid dienone is 1. The van der Waals surface area contributed by atoms with E-state index in [-0.39, 0.29) is 0 Å². The van der Waals surface area contributed by atoms with Crippen LogP contribution in [0.5, 0.6) is 0 Å². The van der Waals surface area contributed by atoms with Crippen LogP contribution in [0.2, 0.25) is 0 Å². The monoisotopic (exact) mass is 179 g/mol. The van der Waals surface area contributed by atoms with Gasteiger partial charge < -0.3 is 10.2 Å². The highest BCUT2D eigenvalue weighted by molar-refractivity contribution is 5.81. The van der Waals surface area contributed by atoms with Gasteiger partial charge in [0.05, 0.1) is 6.54 Å². The first-order chi connectivity index (χ1) is 6.40. The van der Waals surface area contributed by atoms with Crippen molar-refractivity contribution in [2.75, 3.05) is 19.6 Å². The van der Waals surface area contributed by atoms with E-state index in [0.717, 1.165) is 25.6 Å². The minimum atomic E-state index is 0.519. The highest BCUT2D eigenvalue weighted by Gasteiger charge is 2.18. The molecule has 0 saturated heterocycles. The molecule has 1 heterocycles. The number of guanidine groups is 1. The third kappa shape index (κ3) is 1.85. The van der Waals surface area contributed by atoms with Gasteiger partial charge in [-0.1, -0.05) is 12.2 Å². The van der Waals surface area contributed by atoms with Crippen molar-refractivity contribution >= 4 is 5.96 Å². The smallest absolute Gasteiger partial charge is 0.194 e. The molecule has 1 N–H and O–H groups in total. The molecule has 0 aromatic heterocycles. The van der Waals surface area contributed by atoms with Gasteiger partial charge in [0.2, 0.25) is 0 Å². The Morgan fingerprint density at radius 1 is 1.69 bits per heavy atom. The van der Waals surface area contributed by atoms with Gasteiger partial charge in [-0.3, -0.25) is 4.99 Å². The largest absolute Gasteiger partial charge is 0.350 e.